The number of anilines is 1. The van der Waals surface area contributed by atoms with Crippen LogP contribution in [0.5, 0.6) is 0 Å². The lowest BCUT2D eigenvalue weighted by Crippen LogP contribution is -2.51. The molecule has 0 aromatic carbocycles. The summed E-state index contributed by atoms with van der Waals surface area (Å²) in [6, 6.07) is 1.92. The van der Waals surface area contributed by atoms with E-state index < -0.39 is 11.2 Å². The Balaban J connectivity index is 1.21. The third-order valence-corrected chi connectivity index (χ3v) is 7.34. The molecule has 12 nitrogen and oxygen atoms in total. The molecule has 5 rings (SSSR count). The Bertz CT molecular complexity index is 1350. The molecule has 0 bridgehead atoms. The number of aromatic nitrogens is 3. The molecule has 3 aliphatic rings. The number of allylic oxidation sites excluding steroid dienone is 3. The van der Waals surface area contributed by atoms with Gasteiger partial charge in [0.15, 0.2) is 11.5 Å². The maximum atomic E-state index is 13.1. The summed E-state index contributed by atoms with van der Waals surface area (Å²) in [6.45, 7) is 12.3. The lowest BCUT2D eigenvalue weighted by Gasteiger charge is -2.36. The molecule has 1 saturated carbocycles. The van der Waals surface area contributed by atoms with Crippen LogP contribution in [0.4, 0.5) is 15.4 Å². The number of rotatable bonds is 6. The number of ether oxygens (including phenoxy) is 3. The lowest BCUT2D eigenvalue weighted by atomic mass is 10.1. The SMILES string of the molecule is C/C=C\C(=C(/N)OC1CC1)c1cnn2ccc(N3CCN(C(=O)O[C@@]4(C)CCN(C(=O)OC(C)(C)C)C4)CC3)nc12. The molecule has 2 aromatic heterocycles. The number of nitrogens with zero attached hydrogens (tertiary/aromatic N) is 6. The summed E-state index contributed by atoms with van der Waals surface area (Å²) in [7, 11) is 0. The minimum Gasteiger partial charge on any atom is -0.476 e. The van der Waals surface area contributed by atoms with E-state index in [2.05, 4.69) is 10.00 Å². The Kier molecular flexibility index (Phi) is 7.76. The number of piperazine rings is 1. The smallest absolute Gasteiger partial charge is 0.410 e. The average Bonchev–Trinajstić information content (AvgIpc) is 3.50. The van der Waals surface area contributed by atoms with Crippen LogP contribution in [0.15, 0.2) is 36.5 Å². The molecule has 3 fully saturated rings. The van der Waals surface area contributed by atoms with Gasteiger partial charge in [0.2, 0.25) is 0 Å². The minimum atomic E-state index is -0.751. The van der Waals surface area contributed by atoms with Crippen molar-refractivity contribution in [1.82, 2.24) is 24.4 Å². The van der Waals surface area contributed by atoms with Crippen LogP contribution in [0.25, 0.3) is 11.2 Å². The van der Waals surface area contributed by atoms with Crippen molar-refractivity contribution in [2.24, 2.45) is 5.73 Å². The first-order chi connectivity index (χ1) is 19.4. The van der Waals surface area contributed by atoms with Crippen LogP contribution in [0.1, 0.15) is 59.4 Å². The van der Waals surface area contributed by atoms with Crippen molar-refractivity contribution >= 4 is 29.2 Å². The zero-order valence-corrected chi connectivity index (χ0v) is 24.6. The van der Waals surface area contributed by atoms with E-state index in [1.54, 1.807) is 20.5 Å². The summed E-state index contributed by atoms with van der Waals surface area (Å²) in [5.41, 5.74) is 7.24. The number of likely N-dealkylation sites (tertiary alicyclic amines) is 1. The normalized spacial score (nSPS) is 22.3. The molecule has 2 aromatic rings. The van der Waals surface area contributed by atoms with Crippen molar-refractivity contribution < 1.29 is 23.8 Å². The van der Waals surface area contributed by atoms with Gasteiger partial charge in [-0.3, -0.25) is 0 Å². The zero-order chi connectivity index (χ0) is 29.4. The fourth-order valence-electron chi connectivity index (χ4n) is 5.02. The van der Waals surface area contributed by atoms with Crippen molar-refractivity contribution in [2.75, 3.05) is 44.2 Å². The highest BCUT2D eigenvalue weighted by molar-refractivity contribution is 5.83. The highest BCUT2D eigenvalue weighted by Gasteiger charge is 2.42. The third-order valence-electron chi connectivity index (χ3n) is 7.34. The first kappa shape index (κ1) is 28.6. The van der Waals surface area contributed by atoms with Gasteiger partial charge in [0.1, 0.15) is 23.1 Å². The summed E-state index contributed by atoms with van der Waals surface area (Å²) in [5, 5.41) is 4.46. The third kappa shape index (κ3) is 6.68. The summed E-state index contributed by atoms with van der Waals surface area (Å²) in [5.74, 6) is 1.18. The molecule has 0 spiro atoms. The van der Waals surface area contributed by atoms with Crippen molar-refractivity contribution in [3.05, 3.63) is 42.1 Å². The van der Waals surface area contributed by atoms with E-state index in [0.717, 1.165) is 29.8 Å². The molecule has 41 heavy (non-hydrogen) atoms. The van der Waals surface area contributed by atoms with Crippen LogP contribution in [-0.2, 0) is 14.2 Å². The molecule has 1 aliphatic carbocycles. The second-order valence-corrected chi connectivity index (χ2v) is 12.2. The topological polar surface area (TPSA) is 128 Å². The number of amides is 2. The first-order valence-corrected chi connectivity index (χ1v) is 14.3. The average molecular weight is 568 g/mol. The van der Waals surface area contributed by atoms with E-state index in [1.807, 2.05) is 59.0 Å². The van der Waals surface area contributed by atoms with Gasteiger partial charge in [0.05, 0.1) is 18.3 Å². The van der Waals surface area contributed by atoms with E-state index >= 15 is 0 Å². The van der Waals surface area contributed by atoms with E-state index in [-0.39, 0.29) is 18.3 Å². The molecule has 12 heteroatoms. The summed E-state index contributed by atoms with van der Waals surface area (Å²) in [6.07, 6.45) is 9.51. The Morgan fingerprint density at radius 2 is 1.83 bits per heavy atom. The predicted molar refractivity (Wildman–Crippen MR) is 154 cm³/mol. The van der Waals surface area contributed by atoms with Crippen LogP contribution < -0.4 is 10.6 Å². The summed E-state index contributed by atoms with van der Waals surface area (Å²) >= 11 is 0. The molecule has 0 unspecified atom stereocenters. The van der Waals surface area contributed by atoms with Gasteiger partial charge in [-0.25, -0.2) is 19.1 Å². The van der Waals surface area contributed by atoms with Gasteiger partial charge in [0.25, 0.3) is 0 Å². The van der Waals surface area contributed by atoms with Crippen LogP contribution in [0.2, 0.25) is 0 Å². The number of carbonyl (C=O) groups excluding carboxylic acids is 2. The maximum Gasteiger partial charge on any atom is 0.410 e. The van der Waals surface area contributed by atoms with Crippen molar-refractivity contribution in [1.29, 1.82) is 0 Å². The van der Waals surface area contributed by atoms with E-state index in [9.17, 15) is 9.59 Å². The van der Waals surface area contributed by atoms with Gasteiger partial charge in [0, 0.05) is 50.9 Å². The maximum absolute atomic E-state index is 13.1. The molecular formula is C29H41N7O5. The fraction of sp³-hybridized carbons (Fsp3) is 0.586. The van der Waals surface area contributed by atoms with Gasteiger partial charge < -0.3 is 34.6 Å². The molecular weight excluding hydrogens is 526 g/mol. The second-order valence-electron chi connectivity index (χ2n) is 12.2. The first-order valence-electron chi connectivity index (χ1n) is 14.3. The number of nitrogens with two attached hydrogens (primary N) is 1. The fourth-order valence-corrected chi connectivity index (χ4v) is 5.02. The molecule has 1 atom stereocenters. The predicted octanol–water partition coefficient (Wildman–Crippen LogP) is 3.77. The van der Waals surface area contributed by atoms with Crippen LogP contribution in [0, 0.1) is 0 Å². The number of hydrogen-bond donors (Lipinski definition) is 1. The number of fused-ring (bicyclic) bond motifs is 1. The van der Waals surface area contributed by atoms with Crippen molar-refractivity contribution in [2.45, 2.75) is 71.2 Å². The van der Waals surface area contributed by atoms with E-state index in [1.165, 1.54) is 0 Å². The molecule has 0 radical (unpaired) electrons. The van der Waals surface area contributed by atoms with Gasteiger partial charge in [-0.2, -0.15) is 5.10 Å². The van der Waals surface area contributed by atoms with Crippen LogP contribution in [-0.4, -0.2) is 93.2 Å². The Labute approximate surface area is 240 Å². The van der Waals surface area contributed by atoms with E-state index in [4.69, 9.17) is 24.9 Å². The molecule has 2 aliphatic heterocycles. The molecule has 222 valence electrons. The monoisotopic (exact) mass is 567 g/mol. The standard InChI is InChI=1S/C29H41N7O5/c1-6-7-21(24(30)39-20-8-9-20)22-18-31-36-12-10-23(32-25(22)36)33-14-16-34(17-15-33)26(37)41-29(5)11-13-35(19-29)27(38)40-28(2,3)4/h6-7,10,12,18,20H,8-9,11,13-17,19,30H2,1-5H3/b7-6-,24-21-/t29-/m0/s1. The molecule has 2 saturated heterocycles. The van der Waals surface area contributed by atoms with Crippen LogP contribution >= 0.6 is 0 Å². The van der Waals surface area contributed by atoms with Gasteiger partial charge in [-0.1, -0.05) is 12.2 Å². The van der Waals surface area contributed by atoms with Gasteiger partial charge >= 0.3 is 12.2 Å². The quantitative estimate of drug-likeness (QED) is 0.410. The summed E-state index contributed by atoms with van der Waals surface area (Å²) < 4.78 is 19.0. The molecule has 2 amide bonds. The zero-order valence-electron chi connectivity index (χ0n) is 24.6. The largest absolute Gasteiger partial charge is 0.476 e. The van der Waals surface area contributed by atoms with Gasteiger partial charge in [-0.15, -0.1) is 0 Å². The number of carbonyl (C=O) groups is 2. The van der Waals surface area contributed by atoms with Crippen molar-refractivity contribution in [3.63, 3.8) is 0 Å². The highest BCUT2D eigenvalue weighted by atomic mass is 16.6. The van der Waals surface area contributed by atoms with Crippen molar-refractivity contribution in [3.8, 4) is 0 Å². The Hall–Kier alpha value is -3.96. The lowest BCUT2D eigenvalue weighted by molar-refractivity contribution is -0.00147. The number of hydrogen-bond acceptors (Lipinski definition) is 9. The molecule has 4 heterocycles. The van der Waals surface area contributed by atoms with Gasteiger partial charge in [-0.05, 0) is 53.5 Å². The Morgan fingerprint density at radius 3 is 2.49 bits per heavy atom. The highest BCUT2D eigenvalue weighted by Crippen LogP contribution is 2.31. The summed E-state index contributed by atoms with van der Waals surface area (Å²) in [4.78, 5) is 35.9. The Morgan fingerprint density at radius 1 is 1.10 bits per heavy atom. The molecule has 2 N–H and O–H groups in total. The van der Waals surface area contributed by atoms with Crippen LogP contribution in [0.3, 0.4) is 0 Å². The minimum absolute atomic E-state index is 0.184. The van der Waals surface area contributed by atoms with E-state index in [0.29, 0.717) is 57.2 Å². The second kappa shape index (κ2) is 11.1.